The Morgan fingerprint density at radius 3 is 2.76 bits per heavy atom. The van der Waals surface area contributed by atoms with E-state index >= 15 is 0 Å². The highest BCUT2D eigenvalue weighted by atomic mass is 35.5. The Bertz CT molecular complexity index is 380. The van der Waals surface area contributed by atoms with E-state index in [0.29, 0.717) is 22.9 Å². The van der Waals surface area contributed by atoms with Gasteiger partial charge in [-0.1, -0.05) is 37.8 Å². The number of benzene rings is 1. The van der Waals surface area contributed by atoms with Gasteiger partial charge in [0.2, 0.25) is 0 Å². The molecule has 0 unspecified atom stereocenters. The number of ether oxygens (including phenoxy) is 1. The van der Waals surface area contributed by atoms with Gasteiger partial charge in [-0.2, -0.15) is 0 Å². The number of halogens is 1. The number of anilines is 1. The number of nitrogens with two attached hydrogens (primary N) is 1. The summed E-state index contributed by atoms with van der Waals surface area (Å²) in [5, 5.41) is 0.516. The van der Waals surface area contributed by atoms with Crippen molar-refractivity contribution in [2.45, 2.75) is 32.6 Å². The molecule has 1 aromatic carbocycles. The normalized spacial score (nSPS) is 10.2. The van der Waals surface area contributed by atoms with Gasteiger partial charge < -0.3 is 10.5 Å². The van der Waals surface area contributed by atoms with Gasteiger partial charge in [-0.05, 0) is 24.6 Å². The highest BCUT2D eigenvalue weighted by Gasteiger charge is 2.10. The number of hydrogen-bond acceptors (Lipinski definition) is 3. The molecule has 0 saturated carbocycles. The first-order valence-electron chi connectivity index (χ1n) is 5.87. The molecule has 0 heterocycles. The Labute approximate surface area is 107 Å². The molecule has 0 aliphatic carbocycles. The van der Waals surface area contributed by atoms with Crippen molar-refractivity contribution in [3.8, 4) is 0 Å². The van der Waals surface area contributed by atoms with E-state index in [1.807, 2.05) is 0 Å². The molecular formula is C13H18ClNO2. The second-order valence-corrected chi connectivity index (χ2v) is 4.36. The number of carbonyl (C=O) groups is 1. The highest BCUT2D eigenvalue weighted by molar-refractivity contribution is 6.31. The van der Waals surface area contributed by atoms with Crippen LogP contribution in [0.15, 0.2) is 18.2 Å². The molecular weight excluding hydrogens is 238 g/mol. The van der Waals surface area contributed by atoms with Crippen LogP contribution in [0, 0.1) is 0 Å². The molecule has 0 amide bonds. The van der Waals surface area contributed by atoms with Crippen molar-refractivity contribution >= 4 is 23.3 Å². The average molecular weight is 256 g/mol. The van der Waals surface area contributed by atoms with E-state index in [4.69, 9.17) is 22.1 Å². The molecule has 0 aliphatic heterocycles. The summed E-state index contributed by atoms with van der Waals surface area (Å²) >= 11 is 5.75. The highest BCUT2D eigenvalue weighted by Crippen LogP contribution is 2.18. The SMILES string of the molecule is CCCCCCOC(=O)c1ccc(Cl)cc1N. The third-order valence-corrected chi connectivity index (χ3v) is 2.70. The van der Waals surface area contributed by atoms with Gasteiger partial charge in [0.05, 0.1) is 12.2 Å². The molecule has 1 aromatic rings. The molecule has 0 fully saturated rings. The fraction of sp³-hybridized carbons (Fsp3) is 0.462. The second-order valence-electron chi connectivity index (χ2n) is 3.93. The van der Waals surface area contributed by atoms with Gasteiger partial charge in [0.1, 0.15) is 0 Å². The molecule has 4 heteroatoms. The molecule has 0 saturated heterocycles. The van der Waals surface area contributed by atoms with E-state index < -0.39 is 0 Å². The van der Waals surface area contributed by atoms with Gasteiger partial charge >= 0.3 is 5.97 Å². The fourth-order valence-corrected chi connectivity index (χ4v) is 1.67. The molecule has 2 N–H and O–H groups in total. The zero-order valence-corrected chi connectivity index (χ0v) is 10.8. The van der Waals surface area contributed by atoms with E-state index in [1.165, 1.54) is 6.42 Å². The van der Waals surface area contributed by atoms with Crippen molar-refractivity contribution in [3.05, 3.63) is 28.8 Å². The van der Waals surface area contributed by atoms with Crippen LogP contribution in [0.1, 0.15) is 43.0 Å². The maximum absolute atomic E-state index is 11.7. The third-order valence-electron chi connectivity index (χ3n) is 2.46. The summed E-state index contributed by atoms with van der Waals surface area (Å²) in [6.07, 6.45) is 4.31. The minimum absolute atomic E-state index is 0.357. The third kappa shape index (κ3) is 4.65. The Morgan fingerprint density at radius 1 is 1.35 bits per heavy atom. The first-order chi connectivity index (χ1) is 8.15. The maximum Gasteiger partial charge on any atom is 0.340 e. The smallest absolute Gasteiger partial charge is 0.340 e. The predicted octanol–water partition coefficient (Wildman–Crippen LogP) is 3.66. The summed E-state index contributed by atoms with van der Waals surface area (Å²) in [7, 11) is 0. The van der Waals surface area contributed by atoms with Crippen molar-refractivity contribution in [2.24, 2.45) is 0 Å². The van der Waals surface area contributed by atoms with Gasteiger partial charge in [-0.25, -0.2) is 4.79 Å². The van der Waals surface area contributed by atoms with Crippen LogP contribution in [-0.2, 0) is 4.74 Å². The van der Waals surface area contributed by atoms with E-state index in [2.05, 4.69) is 6.92 Å². The van der Waals surface area contributed by atoms with Crippen LogP contribution >= 0.6 is 11.6 Å². The molecule has 0 radical (unpaired) electrons. The average Bonchev–Trinajstić information content (AvgIpc) is 2.28. The van der Waals surface area contributed by atoms with E-state index in [0.717, 1.165) is 19.3 Å². The van der Waals surface area contributed by atoms with Crippen LogP contribution < -0.4 is 5.73 Å². The topological polar surface area (TPSA) is 52.3 Å². The van der Waals surface area contributed by atoms with Gasteiger partial charge in [-0.3, -0.25) is 0 Å². The predicted molar refractivity (Wildman–Crippen MR) is 70.3 cm³/mol. The van der Waals surface area contributed by atoms with E-state index in [-0.39, 0.29) is 5.97 Å². The van der Waals surface area contributed by atoms with Crippen LogP contribution in [0.25, 0.3) is 0 Å². The molecule has 0 spiro atoms. The first kappa shape index (κ1) is 13.8. The lowest BCUT2D eigenvalue weighted by Gasteiger charge is -2.07. The summed E-state index contributed by atoms with van der Waals surface area (Å²) in [6.45, 7) is 2.58. The number of unbranched alkanes of at least 4 members (excludes halogenated alkanes) is 3. The molecule has 0 aromatic heterocycles. The van der Waals surface area contributed by atoms with Crippen molar-refractivity contribution in [3.63, 3.8) is 0 Å². The van der Waals surface area contributed by atoms with Gasteiger partial charge in [0, 0.05) is 10.7 Å². The summed E-state index contributed by atoms with van der Waals surface area (Å²) < 4.78 is 5.13. The van der Waals surface area contributed by atoms with Gasteiger partial charge in [0.15, 0.2) is 0 Å². The summed E-state index contributed by atoms with van der Waals surface area (Å²) in [6, 6.07) is 4.77. The number of hydrogen-bond donors (Lipinski definition) is 1. The molecule has 0 atom stereocenters. The zero-order valence-electron chi connectivity index (χ0n) is 10.0. The zero-order chi connectivity index (χ0) is 12.7. The molecule has 0 bridgehead atoms. The maximum atomic E-state index is 11.7. The Balaban J connectivity index is 2.42. The van der Waals surface area contributed by atoms with Gasteiger partial charge in [0.25, 0.3) is 0 Å². The Kier molecular flexibility index (Phi) is 5.84. The first-order valence-corrected chi connectivity index (χ1v) is 6.25. The van der Waals surface area contributed by atoms with Crippen molar-refractivity contribution in [1.29, 1.82) is 0 Å². The number of rotatable bonds is 6. The van der Waals surface area contributed by atoms with Crippen LogP contribution in [0.2, 0.25) is 5.02 Å². The summed E-state index contributed by atoms with van der Waals surface area (Å²) in [5.41, 5.74) is 6.43. The lowest BCUT2D eigenvalue weighted by Crippen LogP contribution is -2.09. The molecule has 94 valence electrons. The van der Waals surface area contributed by atoms with E-state index in [9.17, 15) is 4.79 Å². The minimum atomic E-state index is -0.379. The largest absolute Gasteiger partial charge is 0.462 e. The number of nitrogen functional groups attached to an aromatic ring is 1. The van der Waals surface area contributed by atoms with Crippen LogP contribution in [0.5, 0.6) is 0 Å². The fourth-order valence-electron chi connectivity index (χ4n) is 1.49. The lowest BCUT2D eigenvalue weighted by molar-refractivity contribution is 0.0499. The lowest BCUT2D eigenvalue weighted by atomic mass is 10.2. The molecule has 3 nitrogen and oxygen atoms in total. The number of carbonyl (C=O) groups excluding carboxylic acids is 1. The van der Waals surface area contributed by atoms with Crippen molar-refractivity contribution in [2.75, 3.05) is 12.3 Å². The van der Waals surface area contributed by atoms with Crippen molar-refractivity contribution < 1.29 is 9.53 Å². The Morgan fingerprint density at radius 2 is 2.12 bits per heavy atom. The molecule has 17 heavy (non-hydrogen) atoms. The van der Waals surface area contributed by atoms with Gasteiger partial charge in [-0.15, -0.1) is 0 Å². The van der Waals surface area contributed by atoms with Crippen LogP contribution in [0.3, 0.4) is 0 Å². The summed E-state index contributed by atoms with van der Waals surface area (Å²) in [5.74, 6) is -0.379. The molecule has 1 rings (SSSR count). The summed E-state index contributed by atoms with van der Waals surface area (Å²) in [4.78, 5) is 11.7. The van der Waals surface area contributed by atoms with Crippen LogP contribution in [0.4, 0.5) is 5.69 Å². The minimum Gasteiger partial charge on any atom is -0.462 e. The quantitative estimate of drug-likeness (QED) is 0.479. The second kappa shape index (κ2) is 7.17. The van der Waals surface area contributed by atoms with Crippen LogP contribution in [-0.4, -0.2) is 12.6 Å². The van der Waals surface area contributed by atoms with E-state index in [1.54, 1.807) is 18.2 Å². The molecule has 0 aliphatic rings. The monoisotopic (exact) mass is 255 g/mol. The Hall–Kier alpha value is -1.22. The van der Waals surface area contributed by atoms with Crippen molar-refractivity contribution in [1.82, 2.24) is 0 Å². The number of esters is 1. The standard InChI is InChI=1S/C13H18ClNO2/c1-2-3-4-5-8-17-13(16)11-7-6-10(14)9-12(11)15/h6-7,9H,2-5,8,15H2,1H3.